The second-order valence-electron chi connectivity index (χ2n) is 9.54. The minimum atomic E-state index is 0.920. The zero-order valence-corrected chi connectivity index (χ0v) is 20.4. The summed E-state index contributed by atoms with van der Waals surface area (Å²) in [7, 11) is 0. The number of hydrogen-bond donors (Lipinski definition) is 0. The van der Waals surface area contributed by atoms with Gasteiger partial charge in [0, 0.05) is 31.6 Å². The lowest BCUT2D eigenvalue weighted by molar-refractivity contribution is 0.673. The van der Waals surface area contributed by atoms with E-state index in [0.29, 0.717) is 0 Å². The van der Waals surface area contributed by atoms with Gasteiger partial charge in [-0.25, -0.2) is 4.98 Å². The Hall–Kier alpha value is -4.67. The van der Waals surface area contributed by atoms with E-state index in [4.69, 9.17) is 9.40 Å². The van der Waals surface area contributed by atoms with Gasteiger partial charge in [-0.15, -0.1) is 11.3 Å². The minimum Gasteiger partial charge on any atom is -0.455 e. The lowest BCUT2D eigenvalue weighted by Crippen LogP contribution is -1.97. The van der Waals surface area contributed by atoms with Crippen LogP contribution < -0.4 is 0 Å². The fourth-order valence-corrected chi connectivity index (χ4v) is 7.21. The number of para-hydroxylation sites is 3. The number of nitrogens with zero attached hydrogens (tertiary/aromatic N) is 2. The van der Waals surface area contributed by atoms with Gasteiger partial charge >= 0.3 is 0 Å². The van der Waals surface area contributed by atoms with Crippen molar-refractivity contribution in [3.8, 4) is 5.69 Å². The molecule has 0 amide bonds. The Balaban J connectivity index is 1.56. The molecular weight excluding hydrogens is 472 g/mol. The van der Waals surface area contributed by atoms with Crippen molar-refractivity contribution in [2.24, 2.45) is 0 Å². The summed E-state index contributed by atoms with van der Waals surface area (Å²) >= 11 is 1.82. The lowest BCUT2D eigenvalue weighted by Gasteiger charge is -2.13. The average molecular weight is 491 g/mol. The van der Waals surface area contributed by atoms with Gasteiger partial charge in [0.05, 0.1) is 37.8 Å². The van der Waals surface area contributed by atoms with Crippen LogP contribution in [0.1, 0.15) is 0 Å². The minimum absolute atomic E-state index is 0.920. The molecule has 9 rings (SSSR count). The summed E-state index contributed by atoms with van der Waals surface area (Å²) in [6, 6.07) is 38.5. The summed E-state index contributed by atoms with van der Waals surface area (Å²) in [4.78, 5) is 5.15. The highest BCUT2D eigenvalue weighted by molar-refractivity contribution is 7.26. The monoisotopic (exact) mass is 490 g/mol. The standard InChI is InChI=1S/C33H18N2OS/c1-5-13-24-21(10-1)31(33-30(34-24)23-12-4-8-16-28(23)37-33)35-25-14-6-2-11-22(25)29-26(35)18-17-20-19-9-3-7-15-27(19)36-32(20)29/h1-18H. The topological polar surface area (TPSA) is 31.0 Å². The molecule has 0 fully saturated rings. The fraction of sp³-hybridized carbons (Fsp3) is 0. The predicted octanol–water partition coefficient (Wildman–Crippen LogP) is 9.60. The Morgan fingerprint density at radius 1 is 0.595 bits per heavy atom. The molecule has 4 aromatic heterocycles. The molecule has 0 atom stereocenters. The molecule has 0 bridgehead atoms. The first-order valence-corrected chi connectivity index (χ1v) is 13.2. The van der Waals surface area contributed by atoms with Crippen LogP contribution in [0.2, 0.25) is 0 Å². The van der Waals surface area contributed by atoms with Crippen LogP contribution in [-0.2, 0) is 0 Å². The van der Waals surface area contributed by atoms with Crippen molar-refractivity contribution in [3.63, 3.8) is 0 Å². The van der Waals surface area contributed by atoms with Gasteiger partial charge in [-0.2, -0.15) is 0 Å². The smallest absolute Gasteiger partial charge is 0.145 e. The molecule has 0 saturated heterocycles. The highest BCUT2D eigenvalue weighted by Gasteiger charge is 2.22. The summed E-state index contributed by atoms with van der Waals surface area (Å²) in [5.74, 6) is 0. The van der Waals surface area contributed by atoms with Gasteiger partial charge in [0.1, 0.15) is 11.2 Å². The van der Waals surface area contributed by atoms with Gasteiger partial charge in [-0.3, -0.25) is 0 Å². The normalized spacial score (nSPS) is 12.3. The molecule has 0 N–H and O–H groups in total. The van der Waals surface area contributed by atoms with E-state index in [1.807, 2.05) is 17.4 Å². The van der Waals surface area contributed by atoms with Gasteiger partial charge in [-0.1, -0.05) is 72.8 Å². The maximum Gasteiger partial charge on any atom is 0.145 e. The van der Waals surface area contributed by atoms with Gasteiger partial charge < -0.3 is 8.98 Å². The summed E-state index contributed by atoms with van der Waals surface area (Å²) in [6.45, 7) is 0. The largest absolute Gasteiger partial charge is 0.455 e. The second kappa shape index (κ2) is 6.96. The third-order valence-electron chi connectivity index (χ3n) is 7.58. The van der Waals surface area contributed by atoms with Crippen molar-refractivity contribution in [2.45, 2.75) is 0 Å². The molecule has 0 unspecified atom stereocenters. The number of rotatable bonds is 1. The number of fused-ring (bicyclic) bond motifs is 11. The van der Waals surface area contributed by atoms with Crippen LogP contribution in [0.15, 0.2) is 114 Å². The van der Waals surface area contributed by atoms with E-state index in [1.165, 1.54) is 31.4 Å². The Morgan fingerprint density at radius 2 is 1.32 bits per heavy atom. The van der Waals surface area contributed by atoms with E-state index in [-0.39, 0.29) is 0 Å². The van der Waals surface area contributed by atoms with E-state index >= 15 is 0 Å². The first kappa shape index (κ1) is 19.5. The van der Waals surface area contributed by atoms with Crippen LogP contribution in [0, 0.1) is 0 Å². The maximum absolute atomic E-state index is 6.52. The Labute approximate surface area is 214 Å². The summed E-state index contributed by atoms with van der Waals surface area (Å²) in [6.07, 6.45) is 0. The van der Waals surface area contributed by atoms with E-state index in [0.717, 1.165) is 49.3 Å². The average Bonchev–Trinajstić information content (AvgIpc) is 3.61. The van der Waals surface area contributed by atoms with Crippen molar-refractivity contribution < 1.29 is 4.42 Å². The molecule has 4 heterocycles. The van der Waals surface area contributed by atoms with Crippen molar-refractivity contribution in [2.75, 3.05) is 0 Å². The number of pyridine rings is 1. The van der Waals surface area contributed by atoms with Crippen LogP contribution in [0.3, 0.4) is 0 Å². The van der Waals surface area contributed by atoms with Gasteiger partial charge in [0.15, 0.2) is 0 Å². The fourth-order valence-electron chi connectivity index (χ4n) is 6.02. The molecule has 0 aliphatic rings. The van der Waals surface area contributed by atoms with Crippen LogP contribution >= 0.6 is 11.3 Å². The Morgan fingerprint density at radius 3 is 2.24 bits per heavy atom. The first-order valence-electron chi connectivity index (χ1n) is 12.4. The van der Waals surface area contributed by atoms with Crippen LogP contribution in [0.25, 0.3) is 80.6 Å². The lowest BCUT2D eigenvalue weighted by atomic mass is 10.1. The van der Waals surface area contributed by atoms with Crippen LogP contribution in [0.5, 0.6) is 0 Å². The van der Waals surface area contributed by atoms with E-state index in [2.05, 4.69) is 108 Å². The molecule has 172 valence electrons. The zero-order valence-electron chi connectivity index (χ0n) is 19.6. The number of aromatic nitrogens is 2. The molecule has 5 aromatic carbocycles. The summed E-state index contributed by atoms with van der Waals surface area (Å²) in [5, 5.41) is 7.00. The van der Waals surface area contributed by atoms with E-state index in [9.17, 15) is 0 Å². The van der Waals surface area contributed by atoms with Crippen molar-refractivity contribution in [3.05, 3.63) is 109 Å². The Bertz CT molecular complexity index is 2370. The summed E-state index contributed by atoms with van der Waals surface area (Å²) < 4.78 is 11.4. The molecule has 0 radical (unpaired) electrons. The predicted molar refractivity (Wildman–Crippen MR) is 156 cm³/mol. The molecule has 0 aliphatic heterocycles. The van der Waals surface area contributed by atoms with Crippen LogP contribution in [0.4, 0.5) is 0 Å². The number of furan rings is 1. The SMILES string of the molecule is c1ccc2c(-n3c4ccccc4c4c5oc6ccccc6c5ccc43)c3sc4ccccc4c3nc2c1. The molecule has 4 heteroatoms. The van der Waals surface area contributed by atoms with Crippen molar-refractivity contribution in [1.29, 1.82) is 0 Å². The van der Waals surface area contributed by atoms with Gasteiger partial charge in [-0.05, 0) is 36.4 Å². The second-order valence-corrected chi connectivity index (χ2v) is 10.6. The Kier molecular flexibility index (Phi) is 3.67. The van der Waals surface area contributed by atoms with Crippen molar-refractivity contribution in [1.82, 2.24) is 9.55 Å². The van der Waals surface area contributed by atoms with Gasteiger partial charge in [0.2, 0.25) is 0 Å². The number of thiophene rings is 1. The zero-order chi connectivity index (χ0) is 24.1. The molecule has 3 nitrogen and oxygen atoms in total. The third-order valence-corrected chi connectivity index (χ3v) is 8.75. The number of hydrogen-bond acceptors (Lipinski definition) is 3. The maximum atomic E-state index is 6.52. The molecule has 0 saturated carbocycles. The third kappa shape index (κ3) is 2.48. The molecule has 0 aliphatic carbocycles. The van der Waals surface area contributed by atoms with Gasteiger partial charge in [0.25, 0.3) is 0 Å². The molecule has 0 spiro atoms. The van der Waals surface area contributed by atoms with Crippen molar-refractivity contribution >= 4 is 86.3 Å². The van der Waals surface area contributed by atoms with E-state index in [1.54, 1.807) is 0 Å². The van der Waals surface area contributed by atoms with E-state index < -0.39 is 0 Å². The number of benzene rings is 5. The molecule has 9 aromatic rings. The first-order chi connectivity index (χ1) is 18.4. The highest BCUT2D eigenvalue weighted by Crippen LogP contribution is 2.45. The molecule has 37 heavy (non-hydrogen) atoms. The highest BCUT2D eigenvalue weighted by atomic mass is 32.1. The summed E-state index contributed by atoms with van der Waals surface area (Å²) in [5.41, 5.74) is 7.42. The molecular formula is C33H18N2OS. The quantitative estimate of drug-likeness (QED) is 0.229. The van der Waals surface area contributed by atoms with Crippen LogP contribution in [-0.4, -0.2) is 9.55 Å².